The van der Waals surface area contributed by atoms with Crippen LogP contribution in [0.5, 0.6) is 0 Å². The molecule has 0 aromatic rings. The Balaban J connectivity index is 3.39. The maximum atomic E-state index is 11.3. The van der Waals surface area contributed by atoms with Gasteiger partial charge in [0.05, 0.1) is 33.0 Å². The zero-order chi connectivity index (χ0) is 17.0. The van der Waals surface area contributed by atoms with Gasteiger partial charge < -0.3 is 14.2 Å². The summed E-state index contributed by atoms with van der Waals surface area (Å²) in [6.07, 6.45) is 0. The fraction of sp³-hybridized carbons (Fsp3) is 0.941. The highest BCUT2D eigenvalue weighted by atomic mass is 16.5. The molecule has 0 atom stereocenters. The van der Waals surface area contributed by atoms with E-state index in [9.17, 15) is 4.79 Å². The van der Waals surface area contributed by atoms with Gasteiger partial charge in [0.2, 0.25) is 0 Å². The first-order chi connectivity index (χ1) is 10.4. The van der Waals surface area contributed by atoms with Crippen molar-refractivity contribution in [3.8, 4) is 0 Å². The van der Waals surface area contributed by atoms with Crippen molar-refractivity contribution in [3.63, 3.8) is 0 Å². The third kappa shape index (κ3) is 11.1. The van der Waals surface area contributed by atoms with E-state index in [0.29, 0.717) is 38.5 Å². The van der Waals surface area contributed by atoms with Gasteiger partial charge in [-0.05, 0) is 27.7 Å². The standard InChI is InChI=1S/C17H35NO4/c1-14(2)17(19)13-22-12-11-21-10-9-20-8-7-18(15(3)4)16(5)6/h14-16H,7-13H2,1-6H3. The van der Waals surface area contributed by atoms with Gasteiger partial charge in [0, 0.05) is 24.5 Å². The molecular formula is C17H35NO4. The van der Waals surface area contributed by atoms with Crippen molar-refractivity contribution in [1.29, 1.82) is 0 Å². The molecule has 0 heterocycles. The molecule has 132 valence electrons. The highest BCUT2D eigenvalue weighted by Crippen LogP contribution is 2.03. The van der Waals surface area contributed by atoms with Crippen LogP contribution in [-0.2, 0) is 19.0 Å². The van der Waals surface area contributed by atoms with Gasteiger partial charge in [-0.2, -0.15) is 0 Å². The maximum absolute atomic E-state index is 11.3. The number of carbonyl (C=O) groups is 1. The Morgan fingerprint density at radius 2 is 1.23 bits per heavy atom. The number of ether oxygens (including phenoxy) is 3. The lowest BCUT2D eigenvalue weighted by molar-refractivity contribution is -0.127. The quantitative estimate of drug-likeness (QED) is 0.460. The summed E-state index contributed by atoms with van der Waals surface area (Å²) in [6, 6.07) is 1.07. The van der Waals surface area contributed by atoms with Gasteiger partial charge in [-0.25, -0.2) is 0 Å². The second-order valence-corrected chi connectivity index (χ2v) is 6.32. The summed E-state index contributed by atoms with van der Waals surface area (Å²) in [6.45, 7) is 16.5. The summed E-state index contributed by atoms with van der Waals surface area (Å²) in [7, 11) is 0. The minimum Gasteiger partial charge on any atom is -0.378 e. The summed E-state index contributed by atoms with van der Waals surface area (Å²) in [4.78, 5) is 13.7. The molecule has 0 saturated heterocycles. The van der Waals surface area contributed by atoms with Gasteiger partial charge in [0.1, 0.15) is 6.61 Å². The zero-order valence-electron chi connectivity index (χ0n) is 15.3. The monoisotopic (exact) mass is 317 g/mol. The van der Waals surface area contributed by atoms with Crippen LogP contribution in [0.15, 0.2) is 0 Å². The van der Waals surface area contributed by atoms with E-state index in [1.54, 1.807) is 0 Å². The van der Waals surface area contributed by atoms with E-state index in [2.05, 4.69) is 32.6 Å². The minimum atomic E-state index is 0.0329. The smallest absolute Gasteiger partial charge is 0.160 e. The van der Waals surface area contributed by atoms with Crippen molar-refractivity contribution in [3.05, 3.63) is 0 Å². The SMILES string of the molecule is CC(C)C(=O)COCCOCCOCCN(C(C)C)C(C)C. The van der Waals surface area contributed by atoms with Crippen LogP contribution in [0.25, 0.3) is 0 Å². The molecule has 0 bridgehead atoms. The molecular weight excluding hydrogens is 282 g/mol. The topological polar surface area (TPSA) is 48.0 Å². The van der Waals surface area contributed by atoms with Crippen LogP contribution in [0.1, 0.15) is 41.5 Å². The predicted molar refractivity (Wildman–Crippen MR) is 89.3 cm³/mol. The molecule has 0 N–H and O–H groups in total. The van der Waals surface area contributed by atoms with Gasteiger partial charge in [0.15, 0.2) is 5.78 Å². The molecule has 0 spiro atoms. The van der Waals surface area contributed by atoms with E-state index in [4.69, 9.17) is 14.2 Å². The average Bonchev–Trinajstić information content (AvgIpc) is 2.43. The Kier molecular flexibility index (Phi) is 12.7. The minimum absolute atomic E-state index is 0.0329. The summed E-state index contributed by atoms with van der Waals surface area (Å²) < 4.78 is 16.2. The number of carbonyl (C=O) groups excluding carboxylic acids is 1. The van der Waals surface area contributed by atoms with Gasteiger partial charge in [0.25, 0.3) is 0 Å². The van der Waals surface area contributed by atoms with E-state index < -0.39 is 0 Å². The fourth-order valence-corrected chi connectivity index (χ4v) is 2.06. The van der Waals surface area contributed by atoms with Gasteiger partial charge in [-0.3, -0.25) is 9.69 Å². The van der Waals surface area contributed by atoms with E-state index in [0.717, 1.165) is 13.2 Å². The zero-order valence-corrected chi connectivity index (χ0v) is 15.3. The van der Waals surface area contributed by atoms with E-state index in [1.165, 1.54) is 0 Å². The molecule has 0 aliphatic rings. The van der Waals surface area contributed by atoms with Crippen molar-refractivity contribution in [2.24, 2.45) is 5.92 Å². The van der Waals surface area contributed by atoms with Crippen LogP contribution in [0.3, 0.4) is 0 Å². The molecule has 22 heavy (non-hydrogen) atoms. The van der Waals surface area contributed by atoms with Crippen LogP contribution in [-0.4, -0.2) is 69.0 Å². The molecule has 5 nitrogen and oxygen atoms in total. The number of hydrogen-bond donors (Lipinski definition) is 0. The molecule has 0 aliphatic heterocycles. The van der Waals surface area contributed by atoms with Crippen molar-refractivity contribution < 1.29 is 19.0 Å². The maximum Gasteiger partial charge on any atom is 0.160 e. The van der Waals surface area contributed by atoms with Crippen molar-refractivity contribution in [2.45, 2.75) is 53.6 Å². The van der Waals surface area contributed by atoms with Crippen molar-refractivity contribution in [1.82, 2.24) is 4.90 Å². The molecule has 0 rings (SSSR count). The predicted octanol–water partition coefficient (Wildman–Crippen LogP) is 2.38. The second-order valence-electron chi connectivity index (χ2n) is 6.32. The number of rotatable bonds is 14. The fourth-order valence-electron chi connectivity index (χ4n) is 2.06. The number of ketones is 1. The van der Waals surface area contributed by atoms with Gasteiger partial charge in [-0.15, -0.1) is 0 Å². The molecule has 5 heteroatoms. The third-order valence-electron chi connectivity index (χ3n) is 3.45. The molecule has 0 aromatic carbocycles. The first-order valence-electron chi connectivity index (χ1n) is 8.38. The van der Waals surface area contributed by atoms with E-state index in [1.807, 2.05) is 13.8 Å². The second kappa shape index (κ2) is 13.0. The first kappa shape index (κ1) is 21.5. The van der Waals surface area contributed by atoms with Crippen LogP contribution < -0.4 is 0 Å². The first-order valence-corrected chi connectivity index (χ1v) is 8.38. The van der Waals surface area contributed by atoms with Crippen LogP contribution in [0.2, 0.25) is 0 Å². The summed E-state index contributed by atoms with van der Waals surface area (Å²) in [5.41, 5.74) is 0. The molecule has 0 amide bonds. The van der Waals surface area contributed by atoms with Gasteiger partial charge in [-0.1, -0.05) is 13.8 Å². The van der Waals surface area contributed by atoms with Crippen LogP contribution in [0.4, 0.5) is 0 Å². The van der Waals surface area contributed by atoms with E-state index in [-0.39, 0.29) is 18.3 Å². The highest BCUT2D eigenvalue weighted by Gasteiger charge is 2.12. The third-order valence-corrected chi connectivity index (χ3v) is 3.45. The Morgan fingerprint density at radius 1 is 0.773 bits per heavy atom. The lowest BCUT2D eigenvalue weighted by Gasteiger charge is -2.30. The molecule has 0 aromatic heterocycles. The molecule has 0 radical (unpaired) electrons. The summed E-state index contributed by atoms with van der Waals surface area (Å²) >= 11 is 0. The Bertz CT molecular complexity index is 272. The molecule has 0 aliphatic carbocycles. The van der Waals surface area contributed by atoms with Gasteiger partial charge >= 0.3 is 0 Å². The molecule has 0 fully saturated rings. The summed E-state index contributed by atoms with van der Waals surface area (Å²) in [5.74, 6) is 0.161. The van der Waals surface area contributed by atoms with Crippen LogP contribution in [0, 0.1) is 5.92 Å². The molecule has 0 saturated carbocycles. The lowest BCUT2D eigenvalue weighted by Crippen LogP contribution is -2.39. The van der Waals surface area contributed by atoms with Crippen molar-refractivity contribution >= 4 is 5.78 Å². The number of Topliss-reactive ketones (excluding diaryl/α,β-unsaturated/α-hetero) is 1. The average molecular weight is 317 g/mol. The number of hydrogen-bond acceptors (Lipinski definition) is 5. The Labute approximate surface area is 136 Å². The van der Waals surface area contributed by atoms with Crippen LogP contribution >= 0.6 is 0 Å². The largest absolute Gasteiger partial charge is 0.378 e. The lowest BCUT2D eigenvalue weighted by atomic mass is 10.1. The van der Waals surface area contributed by atoms with Crippen molar-refractivity contribution in [2.75, 3.05) is 46.2 Å². The Morgan fingerprint density at radius 3 is 1.68 bits per heavy atom. The Hall–Kier alpha value is -0.490. The highest BCUT2D eigenvalue weighted by molar-refractivity contribution is 5.81. The normalized spacial score (nSPS) is 12.1. The molecule has 0 unspecified atom stereocenters. The number of nitrogens with zero attached hydrogens (tertiary/aromatic N) is 1. The van der Waals surface area contributed by atoms with E-state index >= 15 is 0 Å². The summed E-state index contributed by atoms with van der Waals surface area (Å²) in [5, 5.41) is 0.